The number of amides is 1. The molecule has 3 rings (SSSR count). The van der Waals surface area contributed by atoms with E-state index in [9.17, 15) is 4.79 Å². The van der Waals surface area contributed by atoms with Gasteiger partial charge in [-0.25, -0.2) is 0 Å². The molecule has 2 aromatic carbocycles. The molecule has 0 spiro atoms. The van der Waals surface area contributed by atoms with Crippen LogP contribution in [0, 0.1) is 0 Å². The number of anilines is 1. The lowest BCUT2D eigenvalue weighted by Crippen LogP contribution is -2.27. The van der Waals surface area contributed by atoms with E-state index in [2.05, 4.69) is 15.9 Å². The molecule has 1 heterocycles. The van der Waals surface area contributed by atoms with Crippen LogP contribution in [0.2, 0.25) is 5.02 Å². The lowest BCUT2D eigenvalue weighted by atomic mass is 10.1. The third kappa shape index (κ3) is 5.15. The molecule has 8 heteroatoms. The highest BCUT2D eigenvalue weighted by Gasteiger charge is 2.33. The number of thiocarbonyl (C=S) groups is 1. The van der Waals surface area contributed by atoms with Crippen LogP contribution in [0.3, 0.4) is 0 Å². The second-order valence-electron chi connectivity index (χ2n) is 6.11. The van der Waals surface area contributed by atoms with E-state index < -0.39 is 0 Å². The Bertz CT molecular complexity index is 980. The summed E-state index contributed by atoms with van der Waals surface area (Å²) in [6, 6.07) is 10.8. The first-order chi connectivity index (χ1) is 13.9. The molecule has 4 nitrogen and oxygen atoms in total. The Morgan fingerprint density at radius 2 is 2.03 bits per heavy atom. The van der Waals surface area contributed by atoms with Crippen molar-refractivity contribution < 1.29 is 14.3 Å². The van der Waals surface area contributed by atoms with E-state index >= 15 is 0 Å². The van der Waals surface area contributed by atoms with E-state index in [1.54, 1.807) is 24.3 Å². The van der Waals surface area contributed by atoms with Crippen molar-refractivity contribution in [2.24, 2.45) is 0 Å². The van der Waals surface area contributed by atoms with Gasteiger partial charge in [-0.15, -0.1) is 0 Å². The van der Waals surface area contributed by atoms with Gasteiger partial charge in [-0.2, -0.15) is 0 Å². The number of nitrogens with zero attached hydrogens (tertiary/aromatic N) is 1. The fourth-order valence-corrected chi connectivity index (χ4v) is 4.79. The van der Waals surface area contributed by atoms with Crippen molar-refractivity contribution in [1.82, 2.24) is 0 Å². The Morgan fingerprint density at radius 1 is 1.24 bits per heavy atom. The zero-order chi connectivity index (χ0) is 21.0. The van der Waals surface area contributed by atoms with Gasteiger partial charge in [0.05, 0.1) is 28.3 Å². The fourth-order valence-electron chi connectivity index (χ4n) is 2.74. The summed E-state index contributed by atoms with van der Waals surface area (Å²) in [7, 11) is 0. The lowest BCUT2D eigenvalue weighted by Gasteiger charge is -2.15. The molecule has 0 aliphatic carbocycles. The summed E-state index contributed by atoms with van der Waals surface area (Å²) in [5, 5.41) is 0.550. The number of halogens is 2. The molecule has 0 bridgehead atoms. The number of thioether (sulfide) groups is 1. The number of rotatable bonds is 7. The quantitative estimate of drug-likeness (QED) is 0.305. The topological polar surface area (TPSA) is 38.8 Å². The third-order valence-corrected chi connectivity index (χ3v) is 6.07. The summed E-state index contributed by atoms with van der Waals surface area (Å²) >= 11 is 16.3. The van der Waals surface area contributed by atoms with Gasteiger partial charge in [-0.3, -0.25) is 9.69 Å². The van der Waals surface area contributed by atoms with E-state index in [-0.39, 0.29) is 5.91 Å². The number of ether oxygens (including phenoxy) is 2. The van der Waals surface area contributed by atoms with Crippen LogP contribution in [0.1, 0.15) is 25.8 Å². The second kappa shape index (κ2) is 9.98. The average molecular weight is 513 g/mol. The summed E-state index contributed by atoms with van der Waals surface area (Å²) in [6.07, 6.45) is 2.70. The van der Waals surface area contributed by atoms with Crippen LogP contribution in [-0.2, 0) is 4.79 Å². The molecule has 152 valence electrons. The van der Waals surface area contributed by atoms with Crippen molar-refractivity contribution in [1.29, 1.82) is 0 Å². The first kappa shape index (κ1) is 22.2. The van der Waals surface area contributed by atoms with Gasteiger partial charge in [0.1, 0.15) is 0 Å². The summed E-state index contributed by atoms with van der Waals surface area (Å²) in [6.45, 7) is 5.07. The first-order valence-corrected chi connectivity index (χ1v) is 11.5. The zero-order valence-electron chi connectivity index (χ0n) is 15.9. The van der Waals surface area contributed by atoms with Crippen LogP contribution in [0.25, 0.3) is 6.08 Å². The van der Waals surface area contributed by atoms with Gasteiger partial charge in [-0.1, -0.05) is 48.6 Å². The van der Waals surface area contributed by atoms with Crippen molar-refractivity contribution in [3.8, 4) is 11.5 Å². The van der Waals surface area contributed by atoms with Crippen LogP contribution in [0.5, 0.6) is 11.5 Å². The molecule has 29 heavy (non-hydrogen) atoms. The molecule has 0 unspecified atom stereocenters. The number of carbonyl (C=O) groups is 1. The van der Waals surface area contributed by atoms with E-state index in [4.69, 9.17) is 33.3 Å². The van der Waals surface area contributed by atoms with E-state index in [0.717, 1.165) is 16.5 Å². The summed E-state index contributed by atoms with van der Waals surface area (Å²) in [5.74, 6) is 1.12. The molecule has 1 fully saturated rings. The number of hydrogen-bond acceptors (Lipinski definition) is 5. The largest absolute Gasteiger partial charge is 0.490 e. The Hall–Kier alpha value is -1.54. The van der Waals surface area contributed by atoms with Crippen LogP contribution < -0.4 is 14.4 Å². The van der Waals surface area contributed by atoms with E-state index in [1.165, 1.54) is 16.7 Å². The van der Waals surface area contributed by atoms with Gasteiger partial charge in [-0.05, 0) is 71.2 Å². The van der Waals surface area contributed by atoms with Gasteiger partial charge in [0.2, 0.25) is 0 Å². The number of benzene rings is 2. The zero-order valence-corrected chi connectivity index (χ0v) is 19.9. The Morgan fingerprint density at radius 3 is 2.72 bits per heavy atom. The highest BCUT2D eigenvalue weighted by molar-refractivity contribution is 9.10. The van der Waals surface area contributed by atoms with Crippen molar-refractivity contribution in [3.63, 3.8) is 0 Å². The molecule has 1 amide bonds. The maximum atomic E-state index is 13.0. The molecular formula is C21H19BrClNO3S2. The highest BCUT2D eigenvalue weighted by atomic mass is 79.9. The van der Waals surface area contributed by atoms with Crippen LogP contribution in [0.15, 0.2) is 45.8 Å². The summed E-state index contributed by atoms with van der Waals surface area (Å²) in [4.78, 5) is 15.0. The van der Waals surface area contributed by atoms with E-state index in [1.807, 2.05) is 32.0 Å². The Balaban J connectivity index is 1.93. The molecule has 1 aliphatic rings. The van der Waals surface area contributed by atoms with E-state index in [0.29, 0.717) is 44.6 Å². The summed E-state index contributed by atoms with van der Waals surface area (Å²) in [5.41, 5.74) is 1.47. The predicted octanol–water partition coefficient (Wildman–Crippen LogP) is 6.70. The lowest BCUT2D eigenvalue weighted by molar-refractivity contribution is -0.113. The van der Waals surface area contributed by atoms with Gasteiger partial charge in [0, 0.05) is 5.02 Å². The number of carbonyl (C=O) groups excluding carboxylic acids is 1. The monoisotopic (exact) mass is 511 g/mol. The standard InChI is InChI=1S/C21H19BrClNO3S2/c1-3-8-27-19-16(22)9-13(10-17(19)26-4-2)11-18-20(25)24(21(28)29-18)15-7-5-6-14(23)12-15/h5-7,9-12H,3-4,8H2,1-2H3/b18-11+. The maximum Gasteiger partial charge on any atom is 0.270 e. The normalized spacial score (nSPS) is 15.3. The van der Waals surface area contributed by atoms with Crippen molar-refractivity contribution >= 4 is 73.5 Å². The van der Waals surface area contributed by atoms with Gasteiger partial charge >= 0.3 is 0 Å². The highest BCUT2D eigenvalue weighted by Crippen LogP contribution is 2.40. The molecule has 0 aromatic heterocycles. The van der Waals surface area contributed by atoms with Gasteiger partial charge < -0.3 is 9.47 Å². The minimum absolute atomic E-state index is 0.178. The van der Waals surface area contributed by atoms with Gasteiger partial charge in [0.25, 0.3) is 5.91 Å². The minimum atomic E-state index is -0.178. The third-order valence-electron chi connectivity index (χ3n) is 3.94. The smallest absolute Gasteiger partial charge is 0.270 e. The van der Waals surface area contributed by atoms with Crippen LogP contribution in [-0.4, -0.2) is 23.4 Å². The summed E-state index contributed by atoms with van der Waals surface area (Å²) < 4.78 is 12.8. The second-order valence-corrected chi connectivity index (χ2v) is 9.07. The fraction of sp³-hybridized carbons (Fsp3) is 0.238. The average Bonchev–Trinajstić information content (AvgIpc) is 2.94. The van der Waals surface area contributed by atoms with Crippen molar-refractivity contribution in [2.45, 2.75) is 20.3 Å². The first-order valence-electron chi connectivity index (χ1n) is 9.07. The molecular weight excluding hydrogens is 494 g/mol. The molecule has 0 radical (unpaired) electrons. The molecule has 1 aliphatic heterocycles. The molecule has 0 atom stereocenters. The Labute approximate surface area is 193 Å². The maximum absolute atomic E-state index is 13.0. The van der Waals surface area contributed by atoms with Crippen LogP contribution >= 0.6 is 51.5 Å². The van der Waals surface area contributed by atoms with Crippen molar-refractivity contribution in [2.75, 3.05) is 18.1 Å². The molecule has 1 saturated heterocycles. The molecule has 0 N–H and O–H groups in total. The Kier molecular flexibility index (Phi) is 7.62. The predicted molar refractivity (Wildman–Crippen MR) is 128 cm³/mol. The minimum Gasteiger partial charge on any atom is -0.490 e. The molecule has 2 aromatic rings. The number of hydrogen-bond donors (Lipinski definition) is 0. The molecule has 0 saturated carbocycles. The van der Waals surface area contributed by atoms with Crippen molar-refractivity contribution in [3.05, 3.63) is 56.4 Å². The van der Waals surface area contributed by atoms with Gasteiger partial charge in [0.15, 0.2) is 15.8 Å². The SMILES string of the molecule is CCCOc1c(Br)cc(/C=C2/SC(=S)N(c3cccc(Cl)c3)C2=O)cc1OCC. The van der Waals surface area contributed by atoms with Crippen LogP contribution in [0.4, 0.5) is 5.69 Å².